The third-order valence-corrected chi connectivity index (χ3v) is 2.18. The van der Waals surface area contributed by atoms with Crippen molar-refractivity contribution in [2.75, 3.05) is 0 Å². The zero-order valence-corrected chi connectivity index (χ0v) is 8.60. The van der Waals surface area contributed by atoms with E-state index in [1.54, 1.807) is 0 Å². The van der Waals surface area contributed by atoms with Crippen molar-refractivity contribution < 1.29 is 4.79 Å². The first-order chi connectivity index (χ1) is 5.72. The number of rotatable bonds is 3. The summed E-state index contributed by atoms with van der Waals surface area (Å²) in [7, 11) is 0. The molecule has 0 aromatic heterocycles. The third-order valence-electron chi connectivity index (χ3n) is 1.68. The van der Waals surface area contributed by atoms with Gasteiger partial charge in [-0.05, 0) is 17.7 Å². The highest BCUT2D eigenvalue weighted by Crippen LogP contribution is 2.12. The van der Waals surface area contributed by atoms with Crippen LogP contribution in [0.5, 0.6) is 0 Å². The topological polar surface area (TPSA) is 17.1 Å². The van der Waals surface area contributed by atoms with Gasteiger partial charge >= 0.3 is 0 Å². The molecule has 0 spiro atoms. The van der Waals surface area contributed by atoms with Gasteiger partial charge in [-0.2, -0.15) is 0 Å². The predicted octanol–water partition coefficient (Wildman–Crippen LogP) is 2.97. The number of carbonyl (C=O) groups excluding carboxylic acids is 1. The van der Waals surface area contributed by atoms with Crippen molar-refractivity contribution in [3.05, 3.63) is 34.3 Å². The Morgan fingerprint density at radius 2 is 2.25 bits per heavy atom. The number of halogens is 1. The Morgan fingerprint density at radius 1 is 1.50 bits per heavy atom. The predicted molar refractivity (Wildman–Crippen MR) is 53.1 cm³/mol. The number of carbonyl (C=O) groups is 1. The summed E-state index contributed by atoms with van der Waals surface area (Å²) >= 11 is 3.36. The van der Waals surface area contributed by atoms with E-state index in [4.69, 9.17) is 0 Å². The van der Waals surface area contributed by atoms with Gasteiger partial charge in [0.25, 0.3) is 0 Å². The number of ketones is 1. The van der Waals surface area contributed by atoms with Crippen molar-refractivity contribution in [2.24, 2.45) is 0 Å². The van der Waals surface area contributed by atoms with Crippen LogP contribution >= 0.6 is 15.9 Å². The molecule has 1 aromatic rings. The van der Waals surface area contributed by atoms with Crippen molar-refractivity contribution in [3.63, 3.8) is 0 Å². The van der Waals surface area contributed by atoms with Crippen molar-refractivity contribution >= 4 is 21.7 Å². The van der Waals surface area contributed by atoms with Crippen LogP contribution in [-0.2, 0) is 11.2 Å². The Hall–Kier alpha value is -0.630. The molecule has 64 valence electrons. The van der Waals surface area contributed by atoms with Crippen LogP contribution in [0.1, 0.15) is 18.9 Å². The molecule has 0 aliphatic heterocycles. The van der Waals surface area contributed by atoms with E-state index in [0.29, 0.717) is 12.8 Å². The van der Waals surface area contributed by atoms with Gasteiger partial charge in [0, 0.05) is 17.3 Å². The lowest BCUT2D eigenvalue weighted by atomic mass is 10.1. The second kappa shape index (κ2) is 4.41. The molecule has 0 N–H and O–H groups in total. The molecular weight excluding hydrogens is 216 g/mol. The van der Waals surface area contributed by atoms with E-state index in [2.05, 4.69) is 15.9 Å². The maximum Gasteiger partial charge on any atom is 0.136 e. The first-order valence-corrected chi connectivity index (χ1v) is 4.78. The number of hydrogen-bond acceptors (Lipinski definition) is 1. The molecule has 0 atom stereocenters. The summed E-state index contributed by atoms with van der Waals surface area (Å²) in [4.78, 5) is 11.1. The summed E-state index contributed by atoms with van der Waals surface area (Å²) in [6.07, 6.45) is 1.17. The van der Waals surface area contributed by atoms with Crippen LogP contribution in [0.2, 0.25) is 0 Å². The fourth-order valence-corrected chi connectivity index (χ4v) is 1.45. The minimum absolute atomic E-state index is 0.285. The van der Waals surface area contributed by atoms with Crippen LogP contribution in [0.25, 0.3) is 0 Å². The molecule has 0 bridgehead atoms. The monoisotopic (exact) mass is 226 g/mol. The van der Waals surface area contributed by atoms with Gasteiger partial charge in [0.1, 0.15) is 5.78 Å². The van der Waals surface area contributed by atoms with Crippen LogP contribution in [0, 0.1) is 0 Å². The molecule has 0 heterocycles. The quantitative estimate of drug-likeness (QED) is 0.775. The minimum Gasteiger partial charge on any atom is -0.299 e. The number of hydrogen-bond donors (Lipinski definition) is 0. The van der Waals surface area contributed by atoms with E-state index in [9.17, 15) is 4.79 Å². The largest absolute Gasteiger partial charge is 0.299 e. The molecule has 0 aliphatic carbocycles. The van der Waals surface area contributed by atoms with Gasteiger partial charge in [-0.3, -0.25) is 4.79 Å². The van der Waals surface area contributed by atoms with Gasteiger partial charge in [0.05, 0.1) is 0 Å². The van der Waals surface area contributed by atoms with Gasteiger partial charge in [-0.1, -0.05) is 35.0 Å². The zero-order valence-electron chi connectivity index (χ0n) is 7.01. The highest BCUT2D eigenvalue weighted by Gasteiger charge is 2.00. The molecule has 0 unspecified atom stereocenters. The number of benzene rings is 1. The summed E-state index contributed by atoms with van der Waals surface area (Å²) in [6, 6.07) is 7.86. The molecule has 0 saturated carbocycles. The van der Waals surface area contributed by atoms with Gasteiger partial charge < -0.3 is 0 Å². The maximum absolute atomic E-state index is 11.1. The summed E-state index contributed by atoms with van der Waals surface area (Å²) in [5, 5.41) is 0. The molecule has 12 heavy (non-hydrogen) atoms. The minimum atomic E-state index is 0.285. The lowest BCUT2D eigenvalue weighted by Crippen LogP contribution is -1.99. The van der Waals surface area contributed by atoms with Crippen LogP contribution < -0.4 is 0 Å². The molecule has 0 fully saturated rings. The Morgan fingerprint density at radius 3 is 2.83 bits per heavy atom. The average molecular weight is 227 g/mol. The SMILES string of the molecule is CCC(=O)Cc1cccc(Br)c1. The Bertz CT molecular complexity index is 281. The van der Waals surface area contributed by atoms with E-state index < -0.39 is 0 Å². The molecular formula is C10H11BrO. The molecule has 1 rings (SSSR count). The van der Waals surface area contributed by atoms with Crippen molar-refractivity contribution in [1.29, 1.82) is 0 Å². The molecule has 0 radical (unpaired) electrons. The van der Waals surface area contributed by atoms with Gasteiger partial charge in [0.2, 0.25) is 0 Å². The zero-order chi connectivity index (χ0) is 8.97. The van der Waals surface area contributed by atoms with E-state index in [1.807, 2.05) is 31.2 Å². The fourth-order valence-electron chi connectivity index (χ4n) is 1.000. The molecule has 0 aliphatic rings. The molecule has 1 aromatic carbocycles. The van der Waals surface area contributed by atoms with E-state index in [0.717, 1.165) is 10.0 Å². The normalized spacial score (nSPS) is 9.83. The smallest absolute Gasteiger partial charge is 0.136 e. The summed E-state index contributed by atoms with van der Waals surface area (Å²) in [6.45, 7) is 1.89. The molecule has 0 saturated heterocycles. The van der Waals surface area contributed by atoms with Crippen molar-refractivity contribution in [3.8, 4) is 0 Å². The highest BCUT2D eigenvalue weighted by atomic mass is 79.9. The van der Waals surface area contributed by atoms with Crippen LogP contribution in [0.15, 0.2) is 28.7 Å². The first kappa shape index (κ1) is 9.46. The summed E-state index contributed by atoms with van der Waals surface area (Å²) in [5.41, 5.74) is 1.08. The Kier molecular flexibility index (Phi) is 3.48. The van der Waals surface area contributed by atoms with E-state index >= 15 is 0 Å². The van der Waals surface area contributed by atoms with E-state index in [1.165, 1.54) is 0 Å². The Labute approximate surface area is 80.9 Å². The Balaban J connectivity index is 2.69. The molecule has 0 amide bonds. The third kappa shape index (κ3) is 2.78. The second-order valence-electron chi connectivity index (χ2n) is 2.70. The number of Topliss-reactive ketones (excluding diaryl/α,β-unsaturated/α-hetero) is 1. The van der Waals surface area contributed by atoms with Crippen LogP contribution in [0.3, 0.4) is 0 Å². The highest BCUT2D eigenvalue weighted by molar-refractivity contribution is 9.10. The summed E-state index contributed by atoms with van der Waals surface area (Å²) in [5.74, 6) is 0.285. The van der Waals surface area contributed by atoms with Gasteiger partial charge in [-0.15, -0.1) is 0 Å². The molecule has 2 heteroatoms. The van der Waals surface area contributed by atoms with Crippen LogP contribution in [-0.4, -0.2) is 5.78 Å². The first-order valence-electron chi connectivity index (χ1n) is 3.98. The van der Waals surface area contributed by atoms with Gasteiger partial charge in [-0.25, -0.2) is 0 Å². The lowest BCUT2D eigenvalue weighted by molar-refractivity contribution is -0.118. The molecule has 1 nitrogen and oxygen atoms in total. The summed E-state index contributed by atoms with van der Waals surface area (Å²) < 4.78 is 1.03. The second-order valence-corrected chi connectivity index (χ2v) is 3.61. The van der Waals surface area contributed by atoms with Crippen molar-refractivity contribution in [2.45, 2.75) is 19.8 Å². The van der Waals surface area contributed by atoms with Gasteiger partial charge in [0.15, 0.2) is 0 Å². The fraction of sp³-hybridized carbons (Fsp3) is 0.300. The standard InChI is InChI=1S/C10H11BrO/c1-2-10(12)7-8-4-3-5-9(11)6-8/h3-6H,2,7H2,1H3. The van der Waals surface area contributed by atoms with E-state index in [-0.39, 0.29) is 5.78 Å². The average Bonchev–Trinajstić information content (AvgIpc) is 2.04. The van der Waals surface area contributed by atoms with Crippen molar-refractivity contribution in [1.82, 2.24) is 0 Å². The lowest BCUT2D eigenvalue weighted by Gasteiger charge is -1.98. The maximum atomic E-state index is 11.1. The van der Waals surface area contributed by atoms with Crippen LogP contribution in [0.4, 0.5) is 0 Å².